The minimum Gasteiger partial charge on any atom is -0.381 e. The van der Waals surface area contributed by atoms with Gasteiger partial charge in [-0.25, -0.2) is 12.7 Å². The number of amides is 1. The molecule has 1 unspecified atom stereocenters. The molecule has 0 spiro atoms. The number of nitrogens with one attached hydrogen (secondary N) is 1. The molecule has 1 aliphatic rings. The van der Waals surface area contributed by atoms with Crippen molar-refractivity contribution < 1.29 is 17.9 Å². The smallest absolute Gasteiger partial charge is 0.242 e. The van der Waals surface area contributed by atoms with Gasteiger partial charge in [-0.1, -0.05) is 0 Å². The summed E-state index contributed by atoms with van der Waals surface area (Å²) < 4.78 is 30.9. The molecule has 122 valence electrons. The van der Waals surface area contributed by atoms with Crippen molar-refractivity contribution in [3.05, 3.63) is 23.3 Å². The first kappa shape index (κ1) is 16.9. The van der Waals surface area contributed by atoms with E-state index in [0.717, 1.165) is 15.4 Å². The Morgan fingerprint density at radius 1 is 1.32 bits per heavy atom. The molecule has 22 heavy (non-hydrogen) atoms. The Labute approximate surface area is 131 Å². The fourth-order valence-corrected chi connectivity index (χ4v) is 3.31. The molecule has 1 amide bonds. The standard InChI is InChI=1S/C15H22N2O4S/c1-10-7-13(22(19,20)17(3)4)8-14(11(10)2)16-15(18)12-5-6-21-9-12/h7-8,12H,5-6,9H2,1-4H3,(H,16,18). The molecule has 1 saturated heterocycles. The van der Waals surface area contributed by atoms with Gasteiger partial charge in [-0.05, 0) is 43.5 Å². The lowest BCUT2D eigenvalue weighted by Gasteiger charge is -2.17. The highest BCUT2D eigenvalue weighted by molar-refractivity contribution is 7.89. The predicted molar refractivity (Wildman–Crippen MR) is 84.3 cm³/mol. The van der Waals surface area contributed by atoms with Gasteiger partial charge in [-0.3, -0.25) is 4.79 Å². The molecule has 0 bridgehead atoms. The summed E-state index contributed by atoms with van der Waals surface area (Å²) in [5.74, 6) is -0.298. The van der Waals surface area contributed by atoms with Gasteiger partial charge in [0, 0.05) is 26.4 Å². The van der Waals surface area contributed by atoms with Gasteiger partial charge in [0.1, 0.15) is 0 Å². The summed E-state index contributed by atoms with van der Waals surface area (Å²) in [6.45, 7) is 4.70. The van der Waals surface area contributed by atoms with E-state index >= 15 is 0 Å². The Bertz CT molecular complexity index is 677. The quantitative estimate of drug-likeness (QED) is 0.910. The van der Waals surface area contributed by atoms with E-state index in [1.165, 1.54) is 20.2 Å². The highest BCUT2D eigenvalue weighted by atomic mass is 32.2. The van der Waals surface area contributed by atoms with Crippen molar-refractivity contribution in [1.82, 2.24) is 4.31 Å². The van der Waals surface area contributed by atoms with E-state index < -0.39 is 10.0 Å². The van der Waals surface area contributed by atoms with Gasteiger partial charge >= 0.3 is 0 Å². The summed E-state index contributed by atoms with van der Waals surface area (Å²) in [6.07, 6.45) is 0.694. The second-order valence-electron chi connectivity index (χ2n) is 5.75. The topological polar surface area (TPSA) is 75.7 Å². The number of hydrogen-bond acceptors (Lipinski definition) is 4. The van der Waals surface area contributed by atoms with Crippen LogP contribution < -0.4 is 5.32 Å². The largest absolute Gasteiger partial charge is 0.381 e. The molecular formula is C15H22N2O4S. The normalized spacial score (nSPS) is 18.7. The fourth-order valence-electron chi connectivity index (χ4n) is 2.29. The molecule has 1 N–H and O–H groups in total. The van der Waals surface area contributed by atoms with Crippen LogP contribution in [0.3, 0.4) is 0 Å². The number of benzene rings is 1. The van der Waals surface area contributed by atoms with E-state index in [9.17, 15) is 13.2 Å². The monoisotopic (exact) mass is 326 g/mol. The van der Waals surface area contributed by atoms with E-state index in [-0.39, 0.29) is 16.7 Å². The van der Waals surface area contributed by atoms with Crippen molar-refractivity contribution in [1.29, 1.82) is 0 Å². The molecule has 7 heteroatoms. The second kappa shape index (κ2) is 6.36. The highest BCUT2D eigenvalue weighted by Gasteiger charge is 2.25. The van der Waals surface area contributed by atoms with E-state index in [1.54, 1.807) is 6.07 Å². The van der Waals surface area contributed by atoms with E-state index in [0.29, 0.717) is 25.3 Å². The van der Waals surface area contributed by atoms with Gasteiger partial charge in [0.25, 0.3) is 0 Å². The lowest BCUT2D eigenvalue weighted by atomic mass is 10.1. The molecular weight excluding hydrogens is 304 g/mol. The Morgan fingerprint density at radius 2 is 2.00 bits per heavy atom. The molecule has 1 heterocycles. The van der Waals surface area contributed by atoms with Gasteiger partial charge in [-0.2, -0.15) is 0 Å². The highest BCUT2D eigenvalue weighted by Crippen LogP contribution is 2.26. The number of carbonyl (C=O) groups excluding carboxylic acids is 1. The van der Waals surface area contributed by atoms with Crippen LogP contribution in [-0.4, -0.2) is 45.9 Å². The van der Waals surface area contributed by atoms with E-state index in [4.69, 9.17) is 4.74 Å². The molecule has 0 radical (unpaired) electrons. The van der Waals surface area contributed by atoms with Crippen LogP contribution >= 0.6 is 0 Å². The molecule has 1 aromatic rings. The lowest BCUT2D eigenvalue weighted by molar-refractivity contribution is -0.119. The first-order valence-electron chi connectivity index (χ1n) is 7.16. The van der Waals surface area contributed by atoms with Crippen molar-refractivity contribution in [2.75, 3.05) is 32.6 Å². The Balaban J connectivity index is 2.35. The maximum absolute atomic E-state index is 12.3. The number of rotatable bonds is 4. The zero-order valence-corrected chi connectivity index (χ0v) is 14.2. The number of ether oxygens (including phenoxy) is 1. The first-order chi connectivity index (χ1) is 10.2. The molecule has 6 nitrogen and oxygen atoms in total. The van der Waals surface area contributed by atoms with Gasteiger partial charge in [0.2, 0.25) is 15.9 Å². The maximum Gasteiger partial charge on any atom is 0.242 e. The zero-order valence-electron chi connectivity index (χ0n) is 13.3. The molecule has 1 aromatic carbocycles. The van der Waals surface area contributed by atoms with Crippen molar-refractivity contribution in [2.24, 2.45) is 5.92 Å². The number of nitrogens with zero attached hydrogens (tertiary/aromatic N) is 1. The SMILES string of the molecule is Cc1cc(S(=O)(=O)N(C)C)cc(NC(=O)C2CCOC2)c1C. The average Bonchev–Trinajstić information content (AvgIpc) is 2.97. The van der Waals surface area contributed by atoms with Gasteiger partial charge in [-0.15, -0.1) is 0 Å². The van der Waals surface area contributed by atoms with E-state index in [2.05, 4.69) is 5.32 Å². The lowest BCUT2D eigenvalue weighted by Crippen LogP contribution is -2.25. The van der Waals surface area contributed by atoms with Crippen LogP contribution in [0.15, 0.2) is 17.0 Å². The average molecular weight is 326 g/mol. The summed E-state index contributed by atoms with van der Waals surface area (Å²) >= 11 is 0. The summed E-state index contributed by atoms with van der Waals surface area (Å²) in [5.41, 5.74) is 2.23. The van der Waals surface area contributed by atoms with Crippen molar-refractivity contribution in [3.8, 4) is 0 Å². The third kappa shape index (κ3) is 3.31. The molecule has 1 aliphatic heterocycles. The zero-order chi connectivity index (χ0) is 16.5. The van der Waals surface area contributed by atoms with Gasteiger partial charge in [0.05, 0.1) is 17.4 Å². The number of sulfonamides is 1. The summed E-state index contributed by atoms with van der Waals surface area (Å²) in [7, 11) is -0.567. The summed E-state index contributed by atoms with van der Waals surface area (Å²) in [6, 6.07) is 3.14. The first-order valence-corrected chi connectivity index (χ1v) is 8.60. The minimum absolute atomic E-state index is 0.126. The van der Waals surface area contributed by atoms with Crippen LogP contribution in [0.5, 0.6) is 0 Å². The molecule has 0 saturated carbocycles. The molecule has 2 rings (SSSR count). The molecule has 1 fully saturated rings. The fraction of sp³-hybridized carbons (Fsp3) is 0.533. The Morgan fingerprint density at radius 3 is 2.55 bits per heavy atom. The molecule has 1 atom stereocenters. The van der Waals surface area contributed by atoms with Crippen molar-refractivity contribution >= 4 is 21.6 Å². The van der Waals surface area contributed by atoms with Crippen LogP contribution in [-0.2, 0) is 19.6 Å². The Hall–Kier alpha value is -1.44. The molecule has 0 aromatic heterocycles. The minimum atomic E-state index is -3.54. The number of anilines is 1. The number of carbonyl (C=O) groups is 1. The maximum atomic E-state index is 12.3. The van der Waals surface area contributed by atoms with Crippen molar-refractivity contribution in [2.45, 2.75) is 25.2 Å². The van der Waals surface area contributed by atoms with Crippen LogP contribution in [0.1, 0.15) is 17.5 Å². The summed E-state index contributed by atoms with van der Waals surface area (Å²) in [5, 5.41) is 2.84. The van der Waals surface area contributed by atoms with Crippen LogP contribution in [0.25, 0.3) is 0 Å². The predicted octanol–water partition coefficient (Wildman–Crippen LogP) is 1.53. The number of aryl methyl sites for hydroxylation is 1. The summed E-state index contributed by atoms with van der Waals surface area (Å²) in [4.78, 5) is 12.4. The van der Waals surface area contributed by atoms with Crippen LogP contribution in [0, 0.1) is 19.8 Å². The van der Waals surface area contributed by atoms with Crippen LogP contribution in [0.2, 0.25) is 0 Å². The third-order valence-corrected chi connectivity index (χ3v) is 5.77. The van der Waals surface area contributed by atoms with Gasteiger partial charge < -0.3 is 10.1 Å². The van der Waals surface area contributed by atoms with Crippen LogP contribution in [0.4, 0.5) is 5.69 Å². The molecule has 0 aliphatic carbocycles. The Kier molecular flexibility index (Phi) is 4.89. The number of hydrogen-bond donors (Lipinski definition) is 1. The van der Waals surface area contributed by atoms with Gasteiger partial charge in [0.15, 0.2) is 0 Å². The third-order valence-electron chi connectivity index (χ3n) is 3.98. The second-order valence-corrected chi connectivity index (χ2v) is 7.90. The van der Waals surface area contributed by atoms with Crippen molar-refractivity contribution in [3.63, 3.8) is 0 Å². The van der Waals surface area contributed by atoms with E-state index in [1.807, 2.05) is 13.8 Å².